The van der Waals surface area contributed by atoms with Crippen molar-refractivity contribution >= 4 is 21.7 Å². The first kappa shape index (κ1) is 10.5. The summed E-state index contributed by atoms with van der Waals surface area (Å²) in [6.07, 6.45) is 1.92. The zero-order chi connectivity index (χ0) is 9.68. The van der Waals surface area contributed by atoms with Gasteiger partial charge in [-0.1, -0.05) is 59.6 Å². The Morgan fingerprint density at radius 3 is 2.54 bits per heavy atom. The minimum atomic E-state index is -0.0279. The fourth-order valence-electron chi connectivity index (χ4n) is 1.17. The summed E-state index contributed by atoms with van der Waals surface area (Å²) >= 11 is 3.39. The predicted octanol–water partition coefficient (Wildman–Crippen LogP) is 3.43. The van der Waals surface area contributed by atoms with Crippen LogP contribution in [0.2, 0.25) is 0 Å². The van der Waals surface area contributed by atoms with Crippen LogP contribution in [-0.4, -0.2) is 10.6 Å². The molecule has 0 aromatic heterocycles. The molecule has 1 aromatic carbocycles. The Labute approximate surface area is 87.3 Å². The SMILES string of the molecule is CCC[C@@H](Br)C(=O)c1ccccc1. The average molecular weight is 241 g/mol. The maximum absolute atomic E-state index is 11.7. The third-order valence-electron chi connectivity index (χ3n) is 1.88. The summed E-state index contributed by atoms with van der Waals surface area (Å²) in [7, 11) is 0. The van der Waals surface area contributed by atoms with Crippen molar-refractivity contribution in [3.63, 3.8) is 0 Å². The predicted molar refractivity (Wildman–Crippen MR) is 58.4 cm³/mol. The largest absolute Gasteiger partial charge is 0.293 e. The van der Waals surface area contributed by atoms with Crippen molar-refractivity contribution in [2.45, 2.75) is 24.6 Å². The number of halogens is 1. The van der Waals surface area contributed by atoms with Gasteiger partial charge in [-0.2, -0.15) is 0 Å². The van der Waals surface area contributed by atoms with Gasteiger partial charge >= 0.3 is 0 Å². The Kier molecular flexibility index (Phi) is 4.16. The van der Waals surface area contributed by atoms with Crippen LogP contribution < -0.4 is 0 Å². The van der Waals surface area contributed by atoms with Gasteiger partial charge in [0.15, 0.2) is 5.78 Å². The van der Waals surface area contributed by atoms with E-state index in [9.17, 15) is 4.79 Å². The van der Waals surface area contributed by atoms with Gasteiger partial charge in [-0.15, -0.1) is 0 Å². The molecule has 0 amide bonds. The third-order valence-corrected chi connectivity index (χ3v) is 2.76. The fourth-order valence-corrected chi connectivity index (χ4v) is 1.89. The maximum atomic E-state index is 11.7. The summed E-state index contributed by atoms with van der Waals surface area (Å²) in [6, 6.07) is 9.40. The summed E-state index contributed by atoms with van der Waals surface area (Å²) in [4.78, 5) is 11.7. The topological polar surface area (TPSA) is 17.1 Å². The van der Waals surface area contributed by atoms with Gasteiger partial charge in [-0.3, -0.25) is 4.79 Å². The van der Waals surface area contributed by atoms with E-state index in [1.165, 1.54) is 0 Å². The number of carbonyl (C=O) groups excluding carboxylic acids is 1. The van der Waals surface area contributed by atoms with E-state index in [2.05, 4.69) is 22.9 Å². The Bertz CT molecular complexity index is 269. The standard InChI is InChI=1S/C11H13BrO/c1-2-6-10(12)11(13)9-7-4-3-5-8-9/h3-5,7-8,10H,2,6H2,1H3/t10-/m1/s1. The lowest BCUT2D eigenvalue weighted by Gasteiger charge is -2.06. The van der Waals surface area contributed by atoms with Crippen molar-refractivity contribution in [3.8, 4) is 0 Å². The van der Waals surface area contributed by atoms with E-state index in [4.69, 9.17) is 0 Å². The zero-order valence-electron chi connectivity index (χ0n) is 7.66. The summed E-state index contributed by atoms with van der Waals surface area (Å²) in [5.74, 6) is 0.183. The highest BCUT2D eigenvalue weighted by atomic mass is 79.9. The van der Waals surface area contributed by atoms with E-state index in [0.717, 1.165) is 18.4 Å². The van der Waals surface area contributed by atoms with E-state index < -0.39 is 0 Å². The Morgan fingerprint density at radius 1 is 1.38 bits per heavy atom. The molecule has 0 aliphatic rings. The molecule has 0 fully saturated rings. The molecule has 1 rings (SSSR count). The van der Waals surface area contributed by atoms with Crippen LogP contribution in [0.15, 0.2) is 30.3 Å². The van der Waals surface area contributed by atoms with Gasteiger partial charge in [-0.25, -0.2) is 0 Å². The molecule has 0 unspecified atom stereocenters. The summed E-state index contributed by atoms with van der Waals surface area (Å²) in [6.45, 7) is 2.08. The van der Waals surface area contributed by atoms with Crippen LogP contribution in [0.5, 0.6) is 0 Å². The molecule has 0 aliphatic heterocycles. The molecule has 0 aliphatic carbocycles. The van der Waals surface area contributed by atoms with Crippen molar-refractivity contribution in [3.05, 3.63) is 35.9 Å². The van der Waals surface area contributed by atoms with Gasteiger partial charge in [0.05, 0.1) is 4.83 Å². The molecule has 1 atom stereocenters. The highest BCUT2D eigenvalue weighted by molar-refractivity contribution is 9.10. The molecule has 1 nitrogen and oxygen atoms in total. The Hall–Kier alpha value is -0.630. The van der Waals surface area contributed by atoms with Gasteiger partial charge in [0.1, 0.15) is 0 Å². The van der Waals surface area contributed by atoms with Crippen molar-refractivity contribution in [1.29, 1.82) is 0 Å². The Balaban J connectivity index is 2.68. The van der Waals surface area contributed by atoms with Crippen LogP contribution in [0.1, 0.15) is 30.1 Å². The molecule has 2 heteroatoms. The quantitative estimate of drug-likeness (QED) is 0.583. The van der Waals surface area contributed by atoms with Crippen molar-refractivity contribution in [2.24, 2.45) is 0 Å². The first-order valence-electron chi connectivity index (χ1n) is 4.49. The smallest absolute Gasteiger partial charge is 0.176 e. The monoisotopic (exact) mass is 240 g/mol. The lowest BCUT2D eigenvalue weighted by atomic mass is 10.1. The number of ketones is 1. The van der Waals surface area contributed by atoms with Gasteiger partial charge in [0.25, 0.3) is 0 Å². The molecule has 0 N–H and O–H groups in total. The van der Waals surface area contributed by atoms with Gasteiger partial charge in [0, 0.05) is 5.56 Å². The molecule has 0 bridgehead atoms. The first-order valence-corrected chi connectivity index (χ1v) is 5.40. The highest BCUT2D eigenvalue weighted by Gasteiger charge is 2.14. The minimum Gasteiger partial charge on any atom is -0.293 e. The fraction of sp³-hybridized carbons (Fsp3) is 0.364. The lowest BCUT2D eigenvalue weighted by Crippen LogP contribution is -2.13. The number of Topliss-reactive ketones (excluding diaryl/α,β-unsaturated/α-hetero) is 1. The van der Waals surface area contributed by atoms with Crippen LogP contribution in [0.4, 0.5) is 0 Å². The van der Waals surface area contributed by atoms with Crippen LogP contribution >= 0.6 is 15.9 Å². The van der Waals surface area contributed by atoms with E-state index in [-0.39, 0.29) is 10.6 Å². The van der Waals surface area contributed by atoms with Gasteiger partial charge in [0.2, 0.25) is 0 Å². The van der Waals surface area contributed by atoms with Crippen LogP contribution in [0.3, 0.4) is 0 Å². The molecular formula is C11H13BrO. The molecule has 0 heterocycles. The first-order chi connectivity index (χ1) is 6.25. The van der Waals surface area contributed by atoms with Crippen LogP contribution in [-0.2, 0) is 0 Å². The van der Waals surface area contributed by atoms with Gasteiger partial charge < -0.3 is 0 Å². The normalized spacial score (nSPS) is 12.5. The Morgan fingerprint density at radius 2 is 2.00 bits per heavy atom. The molecule has 0 spiro atoms. The van der Waals surface area contributed by atoms with E-state index in [0.29, 0.717) is 0 Å². The number of alkyl halides is 1. The molecule has 13 heavy (non-hydrogen) atoms. The second-order valence-electron chi connectivity index (χ2n) is 2.99. The second kappa shape index (κ2) is 5.18. The zero-order valence-corrected chi connectivity index (χ0v) is 9.25. The van der Waals surface area contributed by atoms with Crippen LogP contribution in [0, 0.1) is 0 Å². The lowest BCUT2D eigenvalue weighted by molar-refractivity contribution is 0.0988. The average Bonchev–Trinajstić information content (AvgIpc) is 2.18. The summed E-state index contributed by atoms with van der Waals surface area (Å²) in [5, 5.41) is 0. The number of rotatable bonds is 4. The molecule has 0 saturated heterocycles. The maximum Gasteiger partial charge on any atom is 0.176 e. The minimum absolute atomic E-state index is 0.0279. The van der Waals surface area contributed by atoms with Crippen molar-refractivity contribution in [1.82, 2.24) is 0 Å². The molecule has 0 saturated carbocycles. The molecule has 1 aromatic rings. The third kappa shape index (κ3) is 2.96. The molecule has 0 radical (unpaired) electrons. The van der Waals surface area contributed by atoms with E-state index in [1.807, 2.05) is 30.3 Å². The number of benzene rings is 1. The second-order valence-corrected chi connectivity index (χ2v) is 4.09. The van der Waals surface area contributed by atoms with E-state index >= 15 is 0 Å². The number of hydrogen-bond donors (Lipinski definition) is 0. The van der Waals surface area contributed by atoms with E-state index in [1.54, 1.807) is 0 Å². The summed E-state index contributed by atoms with van der Waals surface area (Å²) < 4.78 is 0. The summed E-state index contributed by atoms with van der Waals surface area (Å²) in [5.41, 5.74) is 0.790. The van der Waals surface area contributed by atoms with Crippen molar-refractivity contribution < 1.29 is 4.79 Å². The van der Waals surface area contributed by atoms with Gasteiger partial charge in [-0.05, 0) is 6.42 Å². The highest BCUT2D eigenvalue weighted by Crippen LogP contribution is 2.14. The van der Waals surface area contributed by atoms with Crippen molar-refractivity contribution in [2.75, 3.05) is 0 Å². The molecule has 70 valence electrons. The van der Waals surface area contributed by atoms with Crippen LogP contribution in [0.25, 0.3) is 0 Å². The number of carbonyl (C=O) groups is 1. The number of hydrogen-bond acceptors (Lipinski definition) is 1. The molecular weight excluding hydrogens is 228 g/mol.